The minimum absolute atomic E-state index is 1.06. The molecule has 0 fully saturated rings. The highest BCUT2D eigenvalue weighted by atomic mass is 14.0. The highest BCUT2D eigenvalue weighted by Crippen LogP contribution is 2.19. The molecule has 0 atom stereocenters. The Morgan fingerprint density at radius 1 is 0.593 bits per heavy atom. The summed E-state index contributed by atoms with van der Waals surface area (Å²) in [6.45, 7) is 2.29. The van der Waals surface area contributed by atoms with Crippen LogP contribution in [0.15, 0.2) is 54.6 Å². The lowest BCUT2D eigenvalue weighted by molar-refractivity contribution is 0.545. The minimum atomic E-state index is 1.06. The molecule has 0 saturated carbocycles. The summed E-state index contributed by atoms with van der Waals surface area (Å²) in [6, 6.07) is 15.3. The molecule has 0 spiro atoms. The molecule has 2 aromatic rings. The predicted molar refractivity (Wildman–Crippen MR) is 122 cm³/mol. The Bertz CT molecular complexity index is 632. The number of allylic oxidation sites excluding steroid dienone is 2. The van der Waals surface area contributed by atoms with Gasteiger partial charge in [-0.1, -0.05) is 132 Å². The van der Waals surface area contributed by atoms with Gasteiger partial charge < -0.3 is 0 Å². The molecule has 0 heteroatoms. The van der Waals surface area contributed by atoms with E-state index in [1.165, 1.54) is 99.8 Å². The normalized spacial score (nSPS) is 11.6. The molecule has 0 nitrogen and oxygen atoms in total. The molecule has 0 N–H and O–H groups in total. The molecule has 0 amide bonds. The molecule has 2 aromatic carbocycles. The Morgan fingerprint density at radius 2 is 1.19 bits per heavy atom. The summed E-state index contributed by atoms with van der Waals surface area (Å²) in [5.74, 6) is 0. The fourth-order valence-corrected chi connectivity index (χ4v) is 3.90. The van der Waals surface area contributed by atoms with E-state index in [-0.39, 0.29) is 0 Å². The predicted octanol–water partition coefficient (Wildman–Crippen LogP) is 9.03. The highest BCUT2D eigenvalue weighted by Gasteiger charge is 1.97. The number of unbranched alkanes of at least 4 members (excludes halogenated alkanes) is 12. The summed E-state index contributed by atoms with van der Waals surface area (Å²) in [5, 5.41) is 2.75. The van der Waals surface area contributed by atoms with Crippen LogP contribution >= 0.6 is 0 Å². The lowest BCUT2D eigenvalue weighted by Gasteiger charge is -2.04. The number of hydrogen-bond donors (Lipinski definition) is 0. The SMILES string of the molecule is CCCCCCCCCCCCCC/C=C/Cc1cccc2ccccc12. The zero-order chi connectivity index (χ0) is 19.0. The number of fused-ring (bicyclic) bond motifs is 1. The van der Waals surface area contributed by atoms with Crippen molar-refractivity contribution in [3.05, 3.63) is 60.2 Å². The molecule has 0 aliphatic heterocycles. The van der Waals surface area contributed by atoms with Gasteiger partial charge in [0.15, 0.2) is 0 Å². The van der Waals surface area contributed by atoms with Crippen molar-refractivity contribution in [3.63, 3.8) is 0 Å². The summed E-state index contributed by atoms with van der Waals surface area (Å²) in [4.78, 5) is 0. The molecule has 27 heavy (non-hydrogen) atoms. The van der Waals surface area contributed by atoms with Crippen molar-refractivity contribution < 1.29 is 0 Å². The molecular formula is C27H40. The zero-order valence-corrected chi connectivity index (χ0v) is 17.6. The van der Waals surface area contributed by atoms with Gasteiger partial charge in [0.05, 0.1) is 0 Å². The Balaban J connectivity index is 1.45. The highest BCUT2D eigenvalue weighted by molar-refractivity contribution is 5.85. The fourth-order valence-electron chi connectivity index (χ4n) is 3.90. The molecule has 0 aliphatic rings. The average molecular weight is 365 g/mol. The Morgan fingerprint density at radius 3 is 1.89 bits per heavy atom. The van der Waals surface area contributed by atoms with Crippen molar-refractivity contribution in [1.29, 1.82) is 0 Å². The van der Waals surface area contributed by atoms with Crippen molar-refractivity contribution in [3.8, 4) is 0 Å². The second kappa shape index (κ2) is 14.5. The second-order valence-corrected chi connectivity index (χ2v) is 7.99. The smallest absolute Gasteiger partial charge is 0.00913 e. The van der Waals surface area contributed by atoms with E-state index in [0.29, 0.717) is 0 Å². The van der Waals surface area contributed by atoms with E-state index in [9.17, 15) is 0 Å². The molecule has 0 saturated heterocycles. The first kappa shape index (κ1) is 21.7. The van der Waals surface area contributed by atoms with Crippen LogP contribution in [0.2, 0.25) is 0 Å². The quantitative estimate of drug-likeness (QED) is 0.218. The third-order valence-electron chi connectivity index (χ3n) is 5.61. The maximum absolute atomic E-state index is 2.39. The van der Waals surface area contributed by atoms with Gasteiger partial charge in [-0.15, -0.1) is 0 Å². The summed E-state index contributed by atoms with van der Waals surface area (Å²) in [7, 11) is 0. The molecule has 0 aliphatic carbocycles. The van der Waals surface area contributed by atoms with Gasteiger partial charge in [0.2, 0.25) is 0 Å². The van der Waals surface area contributed by atoms with Crippen LogP contribution in [-0.4, -0.2) is 0 Å². The Labute approximate surface area is 168 Å². The van der Waals surface area contributed by atoms with Crippen LogP contribution in [0.1, 0.15) is 96.0 Å². The lowest BCUT2D eigenvalue weighted by atomic mass is 10.0. The molecule has 0 heterocycles. The van der Waals surface area contributed by atoms with Gasteiger partial charge in [0.25, 0.3) is 0 Å². The summed E-state index contributed by atoms with van der Waals surface area (Å²) in [5.41, 5.74) is 1.44. The van der Waals surface area contributed by atoms with Crippen molar-refractivity contribution in [2.24, 2.45) is 0 Å². The second-order valence-electron chi connectivity index (χ2n) is 7.99. The summed E-state index contributed by atoms with van der Waals surface area (Å²) in [6.07, 6.45) is 24.2. The maximum atomic E-state index is 2.39. The monoisotopic (exact) mass is 364 g/mol. The maximum Gasteiger partial charge on any atom is -0.00913 e. The lowest BCUT2D eigenvalue weighted by Crippen LogP contribution is -1.84. The van der Waals surface area contributed by atoms with Gasteiger partial charge in [0.1, 0.15) is 0 Å². The Hall–Kier alpha value is -1.56. The van der Waals surface area contributed by atoms with Crippen molar-refractivity contribution in [2.75, 3.05) is 0 Å². The van der Waals surface area contributed by atoms with E-state index in [1.807, 2.05) is 0 Å². The van der Waals surface area contributed by atoms with Gasteiger partial charge in [-0.3, -0.25) is 0 Å². The van der Waals surface area contributed by atoms with Crippen LogP contribution in [0, 0.1) is 0 Å². The fraction of sp³-hybridized carbons (Fsp3) is 0.556. The topological polar surface area (TPSA) is 0 Å². The Kier molecular flexibility index (Phi) is 11.7. The van der Waals surface area contributed by atoms with E-state index >= 15 is 0 Å². The molecule has 2 rings (SSSR count). The van der Waals surface area contributed by atoms with E-state index in [1.54, 1.807) is 0 Å². The average Bonchev–Trinajstić information content (AvgIpc) is 2.71. The van der Waals surface area contributed by atoms with Gasteiger partial charge in [-0.05, 0) is 35.6 Å². The van der Waals surface area contributed by atoms with Crippen LogP contribution in [-0.2, 0) is 6.42 Å². The molecule has 0 aromatic heterocycles. The van der Waals surface area contributed by atoms with Crippen LogP contribution in [0.25, 0.3) is 10.8 Å². The first-order valence-corrected chi connectivity index (χ1v) is 11.5. The van der Waals surface area contributed by atoms with Crippen LogP contribution in [0.3, 0.4) is 0 Å². The first-order valence-electron chi connectivity index (χ1n) is 11.5. The van der Waals surface area contributed by atoms with Crippen molar-refractivity contribution >= 4 is 10.8 Å². The van der Waals surface area contributed by atoms with E-state index in [0.717, 1.165) is 6.42 Å². The third-order valence-corrected chi connectivity index (χ3v) is 5.61. The number of hydrogen-bond acceptors (Lipinski definition) is 0. The zero-order valence-electron chi connectivity index (χ0n) is 17.6. The molecular weight excluding hydrogens is 324 g/mol. The standard InChI is InChI=1S/C27H40/c1-2-3-4-5-6-7-8-9-10-11-12-13-14-15-16-20-25-22-19-23-26-21-17-18-24-27(25)26/h15-19,21-24H,2-14,20H2,1H3/b16-15+. The molecule has 0 bridgehead atoms. The van der Waals surface area contributed by atoms with Crippen molar-refractivity contribution in [2.45, 2.75) is 96.8 Å². The first-order chi connectivity index (χ1) is 13.4. The van der Waals surface area contributed by atoms with Crippen LogP contribution < -0.4 is 0 Å². The number of benzene rings is 2. The van der Waals surface area contributed by atoms with E-state index < -0.39 is 0 Å². The van der Waals surface area contributed by atoms with Gasteiger partial charge >= 0.3 is 0 Å². The van der Waals surface area contributed by atoms with Gasteiger partial charge in [-0.25, -0.2) is 0 Å². The molecule has 148 valence electrons. The van der Waals surface area contributed by atoms with Crippen LogP contribution in [0.5, 0.6) is 0 Å². The van der Waals surface area contributed by atoms with Gasteiger partial charge in [-0.2, -0.15) is 0 Å². The molecule has 0 radical (unpaired) electrons. The summed E-state index contributed by atoms with van der Waals surface area (Å²) >= 11 is 0. The van der Waals surface area contributed by atoms with E-state index in [4.69, 9.17) is 0 Å². The largest absolute Gasteiger partial charge is 0.0882 e. The van der Waals surface area contributed by atoms with Crippen LogP contribution in [0.4, 0.5) is 0 Å². The van der Waals surface area contributed by atoms with Crippen molar-refractivity contribution in [1.82, 2.24) is 0 Å². The summed E-state index contributed by atoms with van der Waals surface area (Å²) < 4.78 is 0. The minimum Gasteiger partial charge on any atom is -0.0882 e. The van der Waals surface area contributed by atoms with E-state index in [2.05, 4.69) is 61.5 Å². The van der Waals surface area contributed by atoms with Gasteiger partial charge in [0, 0.05) is 0 Å². The molecule has 0 unspecified atom stereocenters. The number of rotatable bonds is 15. The third kappa shape index (κ3) is 9.27.